The fourth-order valence-corrected chi connectivity index (χ4v) is 3.39. The largest absolute Gasteiger partial charge is 0.369 e. The van der Waals surface area contributed by atoms with Crippen molar-refractivity contribution in [3.05, 3.63) is 42.4 Å². The summed E-state index contributed by atoms with van der Waals surface area (Å²) in [6, 6.07) is 5.96. The molecule has 0 aliphatic carbocycles. The van der Waals surface area contributed by atoms with Crippen LogP contribution in [0.25, 0.3) is 0 Å². The number of likely N-dealkylation sites (N-methyl/N-ethyl adjacent to an activating group) is 1. The molecule has 0 radical (unpaired) electrons. The summed E-state index contributed by atoms with van der Waals surface area (Å²) in [7, 11) is 1.91. The Morgan fingerprint density at radius 2 is 2.23 bits per heavy atom. The van der Waals surface area contributed by atoms with Crippen molar-refractivity contribution in [2.75, 3.05) is 32.0 Å². The van der Waals surface area contributed by atoms with Gasteiger partial charge in [0.25, 0.3) is 5.91 Å². The molecule has 1 saturated heterocycles. The van der Waals surface area contributed by atoms with E-state index < -0.39 is 0 Å². The number of piperidine rings is 1. The highest BCUT2D eigenvalue weighted by atomic mass is 16.2. The zero-order chi connectivity index (χ0) is 18.2. The fourth-order valence-electron chi connectivity index (χ4n) is 3.39. The number of carbonyl (C=O) groups is 1. The number of hydrogen-bond acceptors (Lipinski definition) is 5. The first-order valence-electron chi connectivity index (χ1n) is 9.41. The molecular weight excluding hydrogens is 328 g/mol. The minimum atomic E-state index is 0.0874. The van der Waals surface area contributed by atoms with Gasteiger partial charge in [0.15, 0.2) is 0 Å². The first-order valence-corrected chi connectivity index (χ1v) is 9.41. The molecule has 0 spiro atoms. The number of aromatic nitrogens is 3. The van der Waals surface area contributed by atoms with E-state index in [4.69, 9.17) is 0 Å². The Morgan fingerprint density at radius 1 is 1.31 bits per heavy atom. The van der Waals surface area contributed by atoms with E-state index in [2.05, 4.69) is 20.7 Å². The van der Waals surface area contributed by atoms with E-state index in [1.807, 2.05) is 41.0 Å². The van der Waals surface area contributed by atoms with Crippen molar-refractivity contribution in [3.8, 4) is 0 Å². The van der Waals surface area contributed by atoms with Gasteiger partial charge >= 0.3 is 0 Å². The molecule has 7 heteroatoms. The number of nitrogens with one attached hydrogen (secondary N) is 2. The number of pyridine rings is 1. The first-order chi connectivity index (χ1) is 12.8. The normalized spacial score (nSPS) is 17.3. The third kappa shape index (κ3) is 4.82. The number of anilines is 1. The number of amides is 1. The van der Waals surface area contributed by atoms with Gasteiger partial charge in [-0.3, -0.25) is 9.48 Å². The van der Waals surface area contributed by atoms with Crippen LogP contribution in [0.4, 0.5) is 5.82 Å². The van der Waals surface area contributed by atoms with Crippen LogP contribution >= 0.6 is 0 Å². The monoisotopic (exact) mass is 356 g/mol. The van der Waals surface area contributed by atoms with Crippen LogP contribution in [-0.4, -0.2) is 58.3 Å². The van der Waals surface area contributed by atoms with E-state index in [0.29, 0.717) is 5.56 Å². The molecule has 2 aromatic rings. The summed E-state index contributed by atoms with van der Waals surface area (Å²) >= 11 is 0. The lowest BCUT2D eigenvalue weighted by Gasteiger charge is -2.36. The lowest BCUT2D eigenvalue weighted by molar-refractivity contribution is 0.0593. The van der Waals surface area contributed by atoms with Crippen molar-refractivity contribution < 1.29 is 4.79 Å². The quantitative estimate of drug-likeness (QED) is 0.708. The van der Waals surface area contributed by atoms with Gasteiger partial charge in [-0.15, -0.1) is 0 Å². The molecule has 0 saturated carbocycles. The van der Waals surface area contributed by atoms with Crippen LogP contribution in [0.2, 0.25) is 0 Å². The molecule has 1 fully saturated rings. The topological polar surface area (TPSA) is 75.1 Å². The third-order valence-electron chi connectivity index (χ3n) is 4.83. The van der Waals surface area contributed by atoms with Gasteiger partial charge in [-0.1, -0.05) is 0 Å². The molecule has 26 heavy (non-hydrogen) atoms. The van der Waals surface area contributed by atoms with Crippen molar-refractivity contribution in [1.82, 2.24) is 25.0 Å². The molecule has 1 amide bonds. The summed E-state index contributed by atoms with van der Waals surface area (Å²) < 4.78 is 1.93. The molecule has 2 N–H and O–H groups in total. The molecule has 1 unspecified atom stereocenters. The van der Waals surface area contributed by atoms with Crippen molar-refractivity contribution in [1.29, 1.82) is 0 Å². The van der Waals surface area contributed by atoms with Gasteiger partial charge in [0.05, 0.1) is 5.56 Å². The maximum absolute atomic E-state index is 13.0. The Labute approximate surface area is 154 Å². The van der Waals surface area contributed by atoms with E-state index in [-0.39, 0.29) is 11.9 Å². The van der Waals surface area contributed by atoms with Gasteiger partial charge in [0, 0.05) is 50.8 Å². The molecule has 3 heterocycles. The number of rotatable bonds is 8. The Kier molecular flexibility index (Phi) is 6.60. The summed E-state index contributed by atoms with van der Waals surface area (Å²) in [6.07, 6.45) is 9.69. The number of aryl methyl sites for hydroxylation is 1. The van der Waals surface area contributed by atoms with Gasteiger partial charge in [0.2, 0.25) is 0 Å². The highest BCUT2D eigenvalue weighted by Gasteiger charge is 2.27. The molecule has 0 bridgehead atoms. The molecule has 3 rings (SSSR count). The van der Waals surface area contributed by atoms with E-state index in [0.717, 1.165) is 51.3 Å². The van der Waals surface area contributed by atoms with Gasteiger partial charge in [-0.05, 0) is 50.9 Å². The Morgan fingerprint density at radius 3 is 2.96 bits per heavy atom. The Bertz CT molecular complexity index is 670. The summed E-state index contributed by atoms with van der Waals surface area (Å²) in [5, 5.41) is 10.6. The molecule has 1 aliphatic heterocycles. The smallest absolute Gasteiger partial charge is 0.255 e. The Hall–Kier alpha value is -2.41. The van der Waals surface area contributed by atoms with Gasteiger partial charge < -0.3 is 15.5 Å². The molecular formula is C19H28N6O. The zero-order valence-corrected chi connectivity index (χ0v) is 15.4. The average Bonchev–Trinajstić information content (AvgIpc) is 3.20. The Balaban J connectivity index is 1.60. The number of likely N-dealkylation sites (tertiary alicyclic amines) is 1. The van der Waals surface area contributed by atoms with Gasteiger partial charge in [-0.2, -0.15) is 5.10 Å². The highest BCUT2D eigenvalue weighted by Crippen LogP contribution is 2.22. The SMILES string of the molecule is CNCCNc1ccc(C(=O)N2CCCCC2CCn2cccn2)cn1. The highest BCUT2D eigenvalue weighted by molar-refractivity contribution is 5.94. The summed E-state index contributed by atoms with van der Waals surface area (Å²) in [4.78, 5) is 19.4. The second-order valence-corrected chi connectivity index (χ2v) is 6.67. The minimum Gasteiger partial charge on any atom is -0.369 e. The summed E-state index contributed by atoms with van der Waals surface area (Å²) in [6.45, 7) is 3.34. The first kappa shape index (κ1) is 18.4. The van der Waals surface area contributed by atoms with Crippen molar-refractivity contribution in [2.45, 2.75) is 38.3 Å². The van der Waals surface area contributed by atoms with E-state index >= 15 is 0 Å². The van der Waals surface area contributed by atoms with Crippen LogP contribution < -0.4 is 10.6 Å². The maximum Gasteiger partial charge on any atom is 0.255 e. The van der Waals surface area contributed by atoms with E-state index in [9.17, 15) is 4.79 Å². The third-order valence-corrected chi connectivity index (χ3v) is 4.83. The lowest BCUT2D eigenvalue weighted by atomic mass is 9.98. The summed E-state index contributed by atoms with van der Waals surface area (Å²) in [5.41, 5.74) is 0.662. The van der Waals surface area contributed by atoms with Crippen molar-refractivity contribution >= 4 is 11.7 Å². The maximum atomic E-state index is 13.0. The number of carbonyl (C=O) groups excluding carboxylic acids is 1. The van der Waals surface area contributed by atoms with E-state index in [1.54, 1.807) is 12.4 Å². The second kappa shape index (κ2) is 9.33. The minimum absolute atomic E-state index is 0.0874. The zero-order valence-electron chi connectivity index (χ0n) is 15.4. The van der Waals surface area contributed by atoms with Crippen LogP contribution in [0.3, 0.4) is 0 Å². The van der Waals surface area contributed by atoms with Crippen LogP contribution in [0, 0.1) is 0 Å². The van der Waals surface area contributed by atoms with Crippen LogP contribution in [0.1, 0.15) is 36.0 Å². The molecule has 2 aromatic heterocycles. The van der Waals surface area contributed by atoms with Crippen molar-refractivity contribution in [2.24, 2.45) is 0 Å². The molecule has 7 nitrogen and oxygen atoms in total. The molecule has 0 aromatic carbocycles. The second-order valence-electron chi connectivity index (χ2n) is 6.67. The van der Waals surface area contributed by atoms with Crippen LogP contribution in [0.5, 0.6) is 0 Å². The number of hydrogen-bond donors (Lipinski definition) is 2. The van der Waals surface area contributed by atoms with Crippen LogP contribution in [0.15, 0.2) is 36.8 Å². The average molecular weight is 356 g/mol. The molecule has 140 valence electrons. The predicted octanol–water partition coefficient (Wildman–Crippen LogP) is 1.99. The fraction of sp³-hybridized carbons (Fsp3) is 0.526. The van der Waals surface area contributed by atoms with Gasteiger partial charge in [-0.25, -0.2) is 4.98 Å². The van der Waals surface area contributed by atoms with Crippen molar-refractivity contribution in [3.63, 3.8) is 0 Å². The molecule has 1 atom stereocenters. The standard InChI is InChI=1S/C19H28N6O/c1-20-10-11-21-18-7-6-16(15-22-18)19(26)25-13-3-2-5-17(25)8-14-24-12-4-9-23-24/h4,6-7,9,12,15,17,20H,2-3,5,8,10-11,13-14H2,1H3,(H,21,22). The van der Waals surface area contributed by atoms with E-state index in [1.165, 1.54) is 6.42 Å². The predicted molar refractivity (Wildman–Crippen MR) is 102 cm³/mol. The van der Waals surface area contributed by atoms with Crippen LogP contribution in [-0.2, 0) is 6.54 Å². The summed E-state index contributed by atoms with van der Waals surface area (Å²) in [5.74, 6) is 0.884. The molecule has 1 aliphatic rings. The van der Waals surface area contributed by atoms with Gasteiger partial charge in [0.1, 0.15) is 5.82 Å². The lowest BCUT2D eigenvalue weighted by Crippen LogP contribution is -2.44. The number of nitrogens with zero attached hydrogens (tertiary/aromatic N) is 4.